The number of aromatic nitrogens is 1. The van der Waals surface area contributed by atoms with Crippen LogP contribution in [0.2, 0.25) is 0 Å². The van der Waals surface area contributed by atoms with Crippen molar-refractivity contribution in [2.75, 3.05) is 6.54 Å². The molecule has 2 rings (SSSR count). The monoisotopic (exact) mass is 250 g/mol. The van der Waals surface area contributed by atoms with Crippen molar-refractivity contribution in [2.24, 2.45) is 0 Å². The van der Waals surface area contributed by atoms with E-state index in [0.717, 1.165) is 18.7 Å². The van der Waals surface area contributed by atoms with Gasteiger partial charge in [0.1, 0.15) is 5.82 Å². The van der Waals surface area contributed by atoms with Crippen molar-refractivity contribution in [3.63, 3.8) is 0 Å². The van der Waals surface area contributed by atoms with Gasteiger partial charge in [0.05, 0.1) is 17.9 Å². The van der Waals surface area contributed by atoms with Gasteiger partial charge in [0.25, 0.3) is 0 Å². The first-order valence-electron chi connectivity index (χ1n) is 5.68. The maximum atomic E-state index is 12.9. The van der Waals surface area contributed by atoms with E-state index in [-0.39, 0.29) is 11.9 Å². The lowest BCUT2D eigenvalue weighted by Gasteiger charge is -2.16. The van der Waals surface area contributed by atoms with E-state index < -0.39 is 0 Å². The molecule has 17 heavy (non-hydrogen) atoms. The summed E-state index contributed by atoms with van der Waals surface area (Å²) in [4.78, 5) is 4.15. The molecule has 1 N–H and O–H groups in total. The number of pyridine rings is 1. The third-order valence-corrected chi connectivity index (χ3v) is 3.22. The molecule has 90 valence electrons. The van der Waals surface area contributed by atoms with Crippen molar-refractivity contribution in [3.05, 3.63) is 52.2 Å². The number of nitrogens with zero attached hydrogens (tertiary/aromatic N) is 1. The zero-order valence-electron chi connectivity index (χ0n) is 9.69. The molecule has 0 spiro atoms. The molecule has 2 heterocycles. The van der Waals surface area contributed by atoms with Crippen LogP contribution in [0.15, 0.2) is 35.2 Å². The van der Waals surface area contributed by atoms with Crippen LogP contribution in [0.1, 0.15) is 30.6 Å². The molecule has 0 aliphatic rings. The molecule has 2 aromatic rings. The molecule has 0 amide bonds. The first-order valence-corrected chi connectivity index (χ1v) is 6.62. The highest BCUT2D eigenvalue weighted by atomic mass is 32.1. The zero-order valence-corrected chi connectivity index (χ0v) is 10.5. The molecule has 0 bridgehead atoms. The van der Waals surface area contributed by atoms with Gasteiger partial charge < -0.3 is 5.32 Å². The van der Waals surface area contributed by atoms with Crippen LogP contribution >= 0.6 is 11.3 Å². The van der Waals surface area contributed by atoms with Gasteiger partial charge in [-0.05, 0) is 47.5 Å². The number of halogens is 1. The molecule has 0 radical (unpaired) electrons. The summed E-state index contributed by atoms with van der Waals surface area (Å²) in [5, 5.41) is 7.57. The van der Waals surface area contributed by atoms with Gasteiger partial charge in [-0.15, -0.1) is 0 Å². The smallest absolute Gasteiger partial charge is 0.141 e. The second-order valence-electron chi connectivity index (χ2n) is 3.85. The van der Waals surface area contributed by atoms with Crippen LogP contribution in [-0.4, -0.2) is 11.5 Å². The van der Waals surface area contributed by atoms with E-state index in [1.165, 1.54) is 17.8 Å². The van der Waals surface area contributed by atoms with Crippen molar-refractivity contribution in [1.82, 2.24) is 10.3 Å². The van der Waals surface area contributed by atoms with E-state index in [4.69, 9.17) is 0 Å². The highest BCUT2D eigenvalue weighted by Crippen LogP contribution is 2.22. The molecule has 0 saturated carbocycles. The lowest BCUT2D eigenvalue weighted by atomic mass is 10.1. The van der Waals surface area contributed by atoms with Gasteiger partial charge in [-0.1, -0.05) is 6.92 Å². The SMILES string of the molecule is CCCNC(c1ccsc1)c1ccc(F)cn1. The molecular weight excluding hydrogens is 235 g/mol. The average Bonchev–Trinajstić information content (AvgIpc) is 2.85. The Hall–Kier alpha value is -1.26. The zero-order chi connectivity index (χ0) is 12.1. The van der Waals surface area contributed by atoms with E-state index in [2.05, 4.69) is 28.7 Å². The van der Waals surface area contributed by atoms with Crippen LogP contribution in [0, 0.1) is 5.82 Å². The summed E-state index contributed by atoms with van der Waals surface area (Å²) in [5.41, 5.74) is 2.04. The summed E-state index contributed by atoms with van der Waals surface area (Å²) in [5.74, 6) is -0.298. The topological polar surface area (TPSA) is 24.9 Å². The molecule has 0 aromatic carbocycles. The summed E-state index contributed by atoms with van der Waals surface area (Å²) >= 11 is 1.66. The predicted octanol–water partition coefficient (Wildman–Crippen LogP) is 3.37. The Labute approximate surface area is 105 Å². The second-order valence-corrected chi connectivity index (χ2v) is 4.63. The number of hydrogen-bond acceptors (Lipinski definition) is 3. The maximum absolute atomic E-state index is 12.9. The predicted molar refractivity (Wildman–Crippen MR) is 68.7 cm³/mol. The summed E-state index contributed by atoms with van der Waals surface area (Å²) in [6.45, 7) is 3.04. The highest BCUT2D eigenvalue weighted by molar-refractivity contribution is 7.08. The fourth-order valence-electron chi connectivity index (χ4n) is 1.68. The Bertz CT molecular complexity index is 439. The van der Waals surface area contributed by atoms with Crippen LogP contribution in [0.5, 0.6) is 0 Å². The van der Waals surface area contributed by atoms with E-state index in [1.807, 2.05) is 5.38 Å². The fraction of sp³-hybridized carbons (Fsp3) is 0.308. The first-order chi connectivity index (χ1) is 8.31. The molecule has 0 aliphatic carbocycles. The molecule has 1 unspecified atom stereocenters. The molecule has 0 fully saturated rings. The molecule has 1 atom stereocenters. The molecule has 0 aliphatic heterocycles. The fourth-order valence-corrected chi connectivity index (χ4v) is 2.37. The van der Waals surface area contributed by atoms with Crippen LogP contribution in [0.3, 0.4) is 0 Å². The third kappa shape index (κ3) is 3.11. The summed E-state index contributed by atoms with van der Waals surface area (Å²) in [6, 6.07) is 5.32. The van der Waals surface area contributed by atoms with Crippen molar-refractivity contribution in [2.45, 2.75) is 19.4 Å². The Balaban J connectivity index is 2.23. The molecular formula is C13H15FN2S. The Morgan fingerprint density at radius 3 is 2.88 bits per heavy atom. The van der Waals surface area contributed by atoms with Crippen LogP contribution in [-0.2, 0) is 0 Å². The molecule has 2 aromatic heterocycles. The number of rotatable bonds is 5. The Morgan fingerprint density at radius 1 is 1.41 bits per heavy atom. The third-order valence-electron chi connectivity index (χ3n) is 2.52. The van der Waals surface area contributed by atoms with Crippen LogP contribution < -0.4 is 5.32 Å². The van der Waals surface area contributed by atoms with E-state index in [0.29, 0.717) is 0 Å². The maximum Gasteiger partial charge on any atom is 0.141 e. The minimum atomic E-state index is -0.298. The summed E-state index contributed by atoms with van der Waals surface area (Å²) < 4.78 is 12.9. The first kappa shape index (κ1) is 12.2. The van der Waals surface area contributed by atoms with Crippen molar-refractivity contribution in [3.8, 4) is 0 Å². The number of thiophene rings is 1. The lowest BCUT2D eigenvalue weighted by Crippen LogP contribution is -2.23. The van der Waals surface area contributed by atoms with Crippen molar-refractivity contribution >= 4 is 11.3 Å². The van der Waals surface area contributed by atoms with Crippen LogP contribution in [0.25, 0.3) is 0 Å². The van der Waals surface area contributed by atoms with E-state index in [9.17, 15) is 4.39 Å². The van der Waals surface area contributed by atoms with Gasteiger partial charge >= 0.3 is 0 Å². The highest BCUT2D eigenvalue weighted by Gasteiger charge is 2.14. The van der Waals surface area contributed by atoms with Gasteiger partial charge in [-0.25, -0.2) is 4.39 Å². The number of nitrogens with one attached hydrogen (secondary N) is 1. The largest absolute Gasteiger partial charge is 0.305 e. The molecule has 4 heteroatoms. The minimum Gasteiger partial charge on any atom is -0.305 e. The van der Waals surface area contributed by atoms with Gasteiger partial charge in [-0.2, -0.15) is 11.3 Å². The van der Waals surface area contributed by atoms with Crippen LogP contribution in [0.4, 0.5) is 4.39 Å². The van der Waals surface area contributed by atoms with Gasteiger partial charge in [-0.3, -0.25) is 4.98 Å². The standard InChI is InChI=1S/C13H15FN2S/c1-2-6-15-13(10-5-7-17-9-10)12-4-3-11(14)8-16-12/h3-5,7-9,13,15H,2,6H2,1H3. The second kappa shape index (κ2) is 5.89. The normalized spacial score (nSPS) is 12.6. The Morgan fingerprint density at radius 2 is 2.29 bits per heavy atom. The molecule has 2 nitrogen and oxygen atoms in total. The van der Waals surface area contributed by atoms with Gasteiger partial charge in [0.2, 0.25) is 0 Å². The lowest BCUT2D eigenvalue weighted by molar-refractivity contribution is 0.577. The van der Waals surface area contributed by atoms with E-state index in [1.54, 1.807) is 17.4 Å². The molecule has 0 saturated heterocycles. The van der Waals surface area contributed by atoms with Crippen molar-refractivity contribution in [1.29, 1.82) is 0 Å². The average molecular weight is 250 g/mol. The summed E-state index contributed by atoms with van der Waals surface area (Å²) in [6.07, 6.45) is 2.32. The van der Waals surface area contributed by atoms with E-state index >= 15 is 0 Å². The van der Waals surface area contributed by atoms with Crippen molar-refractivity contribution < 1.29 is 4.39 Å². The van der Waals surface area contributed by atoms with Gasteiger partial charge in [0.15, 0.2) is 0 Å². The minimum absolute atomic E-state index is 0.0572. The van der Waals surface area contributed by atoms with Gasteiger partial charge in [0, 0.05) is 0 Å². The summed E-state index contributed by atoms with van der Waals surface area (Å²) in [7, 11) is 0. The number of hydrogen-bond donors (Lipinski definition) is 1. The Kier molecular flexibility index (Phi) is 4.23. The quantitative estimate of drug-likeness (QED) is 0.880.